The molecule has 0 aliphatic carbocycles. The Balaban J connectivity index is 1.39. The zero-order valence-electron chi connectivity index (χ0n) is 22.1. The molecule has 1 amide bonds. The zero-order chi connectivity index (χ0) is 25.8. The second-order valence-electron chi connectivity index (χ2n) is 10.6. The number of aryl methyl sites for hydroxylation is 2. The number of carbonyl (C=O) groups is 1. The molecule has 1 saturated heterocycles. The number of amides is 1. The second-order valence-corrected chi connectivity index (χ2v) is 11.8. The first kappa shape index (κ1) is 24.5. The number of thiophene rings is 1. The van der Waals surface area contributed by atoms with Crippen molar-refractivity contribution in [3.63, 3.8) is 0 Å². The smallest absolute Gasteiger partial charge is 0.410 e. The van der Waals surface area contributed by atoms with Gasteiger partial charge in [-0.05, 0) is 66.2 Å². The van der Waals surface area contributed by atoms with Crippen molar-refractivity contribution in [1.29, 1.82) is 0 Å². The number of hydrogen-bond donors (Lipinski definition) is 0. The van der Waals surface area contributed by atoms with E-state index in [9.17, 15) is 4.79 Å². The third kappa shape index (κ3) is 4.40. The molecular formula is C27H34N6O2S. The first-order valence-electron chi connectivity index (χ1n) is 12.5. The van der Waals surface area contributed by atoms with Gasteiger partial charge in [0.1, 0.15) is 22.5 Å². The fourth-order valence-corrected chi connectivity index (χ4v) is 6.00. The third-order valence-electron chi connectivity index (χ3n) is 6.79. The number of fused-ring (bicyclic) bond motifs is 3. The zero-order valence-corrected chi connectivity index (χ0v) is 22.9. The minimum atomic E-state index is -0.477. The summed E-state index contributed by atoms with van der Waals surface area (Å²) in [6.45, 7) is 17.0. The third-order valence-corrected chi connectivity index (χ3v) is 7.98. The van der Waals surface area contributed by atoms with Crippen LogP contribution in [0.1, 0.15) is 67.0 Å². The molecule has 2 aromatic heterocycles. The Labute approximate surface area is 216 Å². The van der Waals surface area contributed by atoms with E-state index in [-0.39, 0.29) is 12.1 Å². The van der Waals surface area contributed by atoms with Crippen LogP contribution in [-0.4, -0.2) is 63.2 Å². The average molecular weight is 507 g/mol. The summed E-state index contributed by atoms with van der Waals surface area (Å²) in [5, 5.41) is 9.93. The summed E-state index contributed by atoms with van der Waals surface area (Å²) in [5.41, 5.74) is 5.20. The number of aromatic nitrogens is 3. The van der Waals surface area contributed by atoms with Crippen molar-refractivity contribution in [1.82, 2.24) is 19.7 Å². The van der Waals surface area contributed by atoms with E-state index in [1.165, 1.54) is 16.0 Å². The molecule has 3 aromatic rings. The van der Waals surface area contributed by atoms with Crippen molar-refractivity contribution in [2.75, 3.05) is 31.1 Å². The van der Waals surface area contributed by atoms with Gasteiger partial charge < -0.3 is 14.5 Å². The molecule has 0 unspecified atom stereocenters. The van der Waals surface area contributed by atoms with Gasteiger partial charge in [-0.3, -0.25) is 9.56 Å². The first-order chi connectivity index (χ1) is 17.0. The lowest BCUT2D eigenvalue weighted by Gasteiger charge is -2.36. The Morgan fingerprint density at radius 1 is 1.03 bits per heavy atom. The largest absolute Gasteiger partial charge is 0.444 e. The monoisotopic (exact) mass is 506 g/mol. The molecule has 0 N–H and O–H groups in total. The Hall–Kier alpha value is -3.20. The molecule has 36 heavy (non-hydrogen) atoms. The Bertz CT molecular complexity index is 1320. The summed E-state index contributed by atoms with van der Waals surface area (Å²) in [6, 6.07) is 8.56. The summed E-state index contributed by atoms with van der Waals surface area (Å²) in [7, 11) is 0. The molecule has 1 atom stereocenters. The van der Waals surface area contributed by atoms with E-state index in [4.69, 9.17) is 9.73 Å². The van der Waals surface area contributed by atoms with Gasteiger partial charge in [0.05, 0.1) is 5.71 Å². The van der Waals surface area contributed by atoms with E-state index in [1.807, 2.05) is 27.7 Å². The predicted molar refractivity (Wildman–Crippen MR) is 144 cm³/mol. The number of rotatable bonds is 2. The van der Waals surface area contributed by atoms with Gasteiger partial charge in [-0.1, -0.05) is 12.1 Å². The van der Waals surface area contributed by atoms with E-state index >= 15 is 0 Å². The highest BCUT2D eigenvalue weighted by Crippen LogP contribution is 2.38. The molecule has 0 radical (unpaired) electrons. The Morgan fingerprint density at radius 3 is 2.33 bits per heavy atom. The van der Waals surface area contributed by atoms with Crippen molar-refractivity contribution in [2.45, 2.75) is 60.1 Å². The van der Waals surface area contributed by atoms with Crippen LogP contribution in [-0.2, 0) is 4.74 Å². The molecule has 9 heteroatoms. The molecule has 0 spiro atoms. The lowest BCUT2D eigenvalue weighted by molar-refractivity contribution is 0.0240. The van der Waals surface area contributed by atoms with Gasteiger partial charge >= 0.3 is 6.09 Å². The maximum atomic E-state index is 12.4. The number of aliphatic imine (C=N–C) groups is 1. The van der Waals surface area contributed by atoms with Crippen LogP contribution in [0.25, 0.3) is 5.00 Å². The van der Waals surface area contributed by atoms with E-state index < -0.39 is 5.60 Å². The molecule has 5 rings (SSSR count). The summed E-state index contributed by atoms with van der Waals surface area (Å²) >= 11 is 1.78. The lowest BCUT2D eigenvalue weighted by Crippen LogP contribution is -2.50. The van der Waals surface area contributed by atoms with Crippen LogP contribution in [0, 0.1) is 20.8 Å². The van der Waals surface area contributed by atoms with Gasteiger partial charge in [-0.25, -0.2) is 4.79 Å². The number of anilines is 1. The van der Waals surface area contributed by atoms with Gasteiger partial charge in [0.2, 0.25) is 0 Å². The highest BCUT2D eigenvalue weighted by Gasteiger charge is 2.30. The van der Waals surface area contributed by atoms with Crippen molar-refractivity contribution in [3.05, 3.63) is 57.5 Å². The molecule has 4 heterocycles. The van der Waals surface area contributed by atoms with Crippen molar-refractivity contribution in [2.24, 2.45) is 4.99 Å². The van der Waals surface area contributed by atoms with Gasteiger partial charge in [-0.15, -0.1) is 21.5 Å². The minimum Gasteiger partial charge on any atom is -0.444 e. The van der Waals surface area contributed by atoms with Crippen LogP contribution >= 0.6 is 11.3 Å². The van der Waals surface area contributed by atoms with Crippen molar-refractivity contribution in [3.8, 4) is 5.00 Å². The molecule has 8 nitrogen and oxygen atoms in total. The Kier molecular flexibility index (Phi) is 6.14. The van der Waals surface area contributed by atoms with Gasteiger partial charge in [0.25, 0.3) is 0 Å². The lowest BCUT2D eigenvalue weighted by atomic mass is 9.99. The number of carbonyl (C=O) groups excluding carboxylic acids is 1. The number of nitrogens with zero attached hydrogens (tertiary/aromatic N) is 6. The predicted octanol–water partition coefficient (Wildman–Crippen LogP) is 5.22. The first-order valence-corrected chi connectivity index (χ1v) is 13.3. The number of ether oxygens (including phenoxy) is 1. The van der Waals surface area contributed by atoms with Crippen molar-refractivity contribution >= 4 is 28.8 Å². The normalized spacial score (nSPS) is 17.9. The van der Waals surface area contributed by atoms with Crippen LogP contribution in [0.5, 0.6) is 0 Å². The number of benzene rings is 1. The fourth-order valence-electron chi connectivity index (χ4n) is 4.78. The van der Waals surface area contributed by atoms with Crippen LogP contribution in [0.15, 0.2) is 29.3 Å². The summed E-state index contributed by atoms with van der Waals surface area (Å²) in [6.07, 6.45) is -0.236. The maximum absolute atomic E-state index is 12.4. The average Bonchev–Trinajstić information content (AvgIpc) is 3.31. The summed E-state index contributed by atoms with van der Waals surface area (Å²) < 4.78 is 7.70. The SMILES string of the molecule is Cc1sc2c(c1C)C(c1ccc(N3CCN(C(=O)OC(C)(C)C)CC3)cc1)=N[C@@H](C)c1nnc(C)n1-2. The standard InChI is InChI=1S/C27H34N6O2S/c1-16-18(3)36-25-22(16)23(28-17(2)24-30-29-19(4)33(24)25)20-8-10-21(11-9-20)31-12-14-32(15-13-31)26(34)35-27(5,6)7/h8-11,17H,12-15H2,1-7H3/t17-/m0/s1. The molecule has 0 bridgehead atoms. The van der Waals surface area contributed by atoms with Gasteiger partial charge in [0, 0.05) is 47.9 Å². The van der Waals surface area contributed by atoms with Crippen LogP contribution in [0.4, 0.5) is 10.5 Å². The number of piperazine rings is 1. The Morgan fingerprint density at radius 2 is 1.69 bits per heavy atom. The van der Waals surface area contributed by atoms with Crippen LogP contribution < -0.4 is 4.90 Å². The summed E-state index contributed by atoms with van der Waals surface area (Å²) in [5.74, 6) is 1.76. The molecule has 2 aliphatic heterocycles. The van der Waals surface area contributed by atoms with Crippen LogP contribution in [0.2, 0.25) is 0 Å². The van der Waals surface area contributed by atoms with Gasteiger partial charge in [-0.2, -0.15) is 0 Å². The van der Waals surface area contributed by atoms with E-state index in [0.717, 1.165) is 46.7 Å². The van der Waals surface area contributed by atoms with Gasteiger partial charge in [0.15, 0.2) is 5.82 Å². The van der Waals surface area contributed by atoms with E-state index in [1.54, 1.807) is 16.2 Å². The van der Waals surface area contributed by atoms with E-state index in [2.05, 4.69) is 64.7 Å². The highest BCUT2D eigenvalue weighted by atomic mass is 32.1. The number of hydrogen-bond acceptors (Lipinski definition) is 7. The molecule has 2 aliphatic rings. The molecule has 1 aromatic carbocycles. The topological polar surface area (TPSA) is 75.8 Å². The highest BCUT2D eigenvalue weighted by molar-refractivity contribution is 7.15. The molecule has 0 saturated carbocycles. The molecule has 1 fully saturated rings. The van der Waals surface area contributed by atoms with E-state index in [0.29, 0.717) is 13.1 Å². The minimum absolute atomic E-state index is 0.0962. The van der Waals surface area contributed by atoms with Crippen molar-refractivity contribution < 1.29 is 9.53 Å². The van der Waals surface area contributed by atoms with Crippen LogP contribution in [0.3, 0.4) is 0 Å². The molecular weight excluding hydrogens is 472 g/mol. The fraction of sp³-hybridized carbons (Fsp3) is 0.481. The maximum Gasteiger partial charge on any atom is 0.410 e. The quantitative estimate of drug-likeness (QED) is 0.476. The summed E-state index contributed by atoms with van der Waals surface area (Å²) in [4.78, 5) is 22.9. The molecule has 190 valence electrons. The second kappa shape index (κ2) is 9.03.